The first kappa shape index (κ1) is 12.6. The quantitative estimate of drug-likeness (QED) is 0.738. The highest BCUT2D eigenvalue weighted by Crippen LogP contribution is 2.28. The molecule has 0 saturated carbocycles. The number of fused-ring (bicyclic) bond motifs is 1. The molecule has 0 amide bonds. The summed E-state index contributed by atoms with van der Waals surface area (Å²) < 4.78 is 1.71. The summed E-state index contributed by atoms with van der Waals surface area (Å²) >= 11 is 0. The van der Waals surface area contributed by atoms with Gasteiger partial charge in [0.05, 0.1) is 5.52 Å². The molecule has 3 aromatic rings. The molecule has 100 valence electrons. The third kappa shape index (κ3) is 2.10. The number of rotatable bonds is 4. The lowest BCUT2D eigenvalue weighted by atomic mass is 10.0. The summed E-state index contributed by atoms with van der Waals surface area (Å²) in [6.45, 7) is 3.82. The fraction of sp³-hybridized carbons (Fsp3) is 0.125. The zero-order valence-corrected chi connectivity index (χ0v) is 10.9. The summed E-state index contributed by atoms with van der Waals surface area (Å²) in [4.78, 5) is 0. The van der Waals surface area contributed by atoms with Crippen molar-refractivity contribution in [3.63, 3.8) is 0 Å². The Morgan fingerprint density at radius 2 is 1.75 bits per heavy atom. The summed E-state index contributed by atoms with van der Waals surface area (Å²) in [5.41, 5.74) is 2.52. The lowest BCUT2D eigenvalue weighted by molar-refractivity contribution is 0.130. The molecule has 2 atom stereocenters. The van der Waals surface area contributed by atoms with Crippen molar-refractivity contribution in [1.29, 1.82) is 0 Å². The first-order chi connectivity index (χ1) is 9.81. The van der Waals surface area contributed by atoms with E-state index in [4.69, 9.17) is 0 Å². The number of para-hydroxylation sites is 1. The molecule has 0 spiro atoms. The van der Waals surface area contributed by atoms with Crippen LogP contribution < -0.4 is 0 Å². The van der Waals surface area contributed by atoms with Gasteiger partial charge in [-0.25, -0.2) is 4.68 Å². The Morgan fingerprint density at radius 1 is 1.05 bits per heavy atom. The van der Waals surface area contributed by atoms with Crippen molar-refractivity contribution in [3.05, 3.63) is 72.8 Å². The molecule has 2 unspecified atom stereocenters. The van der Waals surface area contributed by atoms with E-state index in [1.54, 1.807) is 10.8 Å². The van der Waals surface area contributed by atoms with E-state index in [9.17, 15) is 5.11 Å². The zero-order valence-electron chi connectivity index (χ0n) is 10.9. The van der Waals surface area contributed by atoms with E-state index < -0.39 is 6.10 Å². The Hall–Kier alpha value is -2.46. The first-order valence-electron chi connectivity index (χ1n) is 6.47. The third-order valence-corrected chi connectivity index (χ3v) is 3.37. The summed E-state index contributed by atoms with van der Waals surface area (Å²) in [7, 11) is 0. The topological polar surface area (TPSA) is 50.9 Å². The molecule has 4 heteroatoms. The Bertz CT molecular complexity index is 721. The predicted octanol–water partition coefficient (Wildman–Crippen LogP) is 2.89. The van der Waals surface area contributed by atoms with Crippen LogP contribution in [0.1, 0.15) is 17.7 Å². The van der Waals surface area contributed by atoms with Gasteiger partial charge in [0.1, 0.15) is 17.7 Å². The molecule has 3 rings (SSSR count). The van der Waals surface area contributed by atoms with Gasteiger partial charge in [-0.15, -0.1) is 11.7 Å². The highest BCUT2D eigenvalue weighted by molar-refractivity contribution is 5.74. The van der Waals surface area contributed by atoms with Crippen LogP contribution in [-0.4, -0.2) is 20.1 Å². The third-order valence-electron chi connectivity index (χ3n) is 3.37. The summed E-state index contributed by atoms with van der Waals surface area (Å²) in [6, 6.07) is 16.8. The SMILES string of the molecule is C=CC(C(O)c1ccccc1)n1nnc2ccccc21. The number of benzene rings is 2. The second-order valence-electron chi connectivity index (χ2n) is 4.60. The Kier molecular flexibility index (Phi) is 3.31. The summed E-state index contributed by atoms with van der Waals surface area (Å²) in [5, 5.41) is 18.8. The van der Waals surface area contributed by atoms with Crippen LogP contribution in [-0.2, 0) is 0 Å². The smallest absolute Gasteiger partial charge is 0.113 e. The minimum Gasteiger partial charge on any atom is -0.386 e. The molecule has 0 aliphatic rings. The van der Waals surface area contributed by atoms with Gasteiger partial charge in [0.25, 0.3) is 0 Å². The van der Waals surface area contributed by atoms with Gasteiger partial charge < -0.3 is 5.11 Å². The van der Waals surface area contributed by atoms with E-state index in [2.05, 4.69) is 16.9 Å². The predicted molar refractivity (Wildman–Crippen MR) is 78.2 cm³/mol. The van der Waals surface area contributed by atoms with Crippen molar-refractivity contribution >= 4 is 11.0 Å². The average molecular weight is 265 g/mol. The fourth-order valence-electron chi connectivity index (χ4n) is 2.32. The van der Waals surface area contributed by atoms with E-state index in [1.807, 2.05) is 54.6 Å². The van der Waals surface area contributed by atoms with Crippen molar-refractivity contribution in [2.75, 3.05) is 0 Å². The molecule has 4 nitrogen and oxygen atoms in total. The van der Waals surface area contributed by atoms with E-state index >= 15 is 0 Å². The minimum atomic E-state index is -0.709. The highest BCUT2D eigenvalue weighted by Gasteiger charge is 2.22. The van der Waals surface area contributed by atoms with Gasteiger partial charge in [-0.05, 0) is 17.7 Å². The average Bonchev–Trinajstić information content (AvgIpc) is 2.93. The molecule has 2 aromatic carbocycles. The van der Waals surface area contributed by atoms with Gasteiger partial charge in [0.2, 0.25) is 0 Å². The van der Waals surface area contributed by atoms with Crippen molar-refractivity contribution in [3.8, 4) is 0 Å². The van der Waals surface area contributed by atoms with Crippen LogP contribution >= 0.6 is 0 Å². The number of aliphatic hydroxyl groups is 1. The van der Waals surface area contributed by atoms with Gasteiger partial charge in [0.15, 0.2) is 0 Å². The normalized spacial score (nSPS) is 14.1. The van der Waals surface area contributed by atoms with Crippen molar-refractivity contribution in [2.24, 2.45) is 0 Å². The molecule has 0 fully saturated rings. The number of aliphatic hydroxyl groups excluding tert-OH is 1. The largest absolute Gasteiger partial charge is 0.386 e. The van der Waals surface area contributed by atoms with E-state index in [0.29, 0.717) is 0 Å². The molecule has 1 heterocycles. The first-order valence-corrected chi connectivity index (χ1v) is 6.47. The van der Waals surface area contributed by atoms with E-state index in [1.165, 1.54) is 0 Å². The molecule has 0 aliphatic heterocycles. The maximum atomic E-state index is 10.6. The Morgan fingerprint density at radius 3 is 2.50 bits per heavy atom. The van der Waals surface area contributed by atoms with E-state index in [-0.39, 0.29) is 6.04 Å². The lowest BCUT2D eigenvalue weighted by Gasteiger charge is -2.20. The number of hydrogen-bond donors (Lipinski definition) is 1. The van der Waals surface area contributed by atoms with Crippen molar-refractivity contribution in [2.45, 2.75) is 12.1 Å². The van der Waals surface area contributed by atoms with Crippen molar-refractivity contribution < 1.29 is 5.11 Å². The second-order valence-corrected chi connectivity index (χ2v) is 4.60. The highest BCUT2D eigenvalue weighted by atomic mass is 16.3. The van der Waals surface area contributed by atoms with E-state index in [0.717, 1.165) is 16.6 Å². The Labute approximate surface area is 117 Å². The van der Waals surface area contributed by atoms with Gasteiger partial charge in [0, 0.05) is 0 Å². The standard InChI is InChI=1S/C16H15N3O/c1-2-14(16(20)12-8-4-3-5-9-12)19-15-11-7-6-10-13(15)17-18-19/h2-11,14,16,20H,1H2. The number of aromatic nitrogens is 3. The molecule has 1 aromatic heterocycles. The second kappa shape index (κ2) is 5.27. The van der Waals surface area contributed by atoms with Crippen molar-refractivity contribution in [1.82, 2.24) is 15.0 Å². The maximum absolute atomic E-state index is 10.6. The molecule has 0 bridgehead atoms. The van der Waals surface area contributed by atoms with Crippen LogP contribution in [0.5, 0.6) is 0 Å². The zero-order chi connectivity index (χ0) is 13.9. The summed E-state index contributed by atoms with van der Waals surface area (Å²) in [5.74, 6) is 0. The molecular formula is C16H15N3O. The lowest BCUT2D eigenvalue weighted by Crippen LogP contribution is -2.17. The van der Waals surface area contributed by atoms with Crippen LogP contribution in [0.15, 0.2) is 67.3 Å². The van der Waals surface area contributed by atoms with Crippen LogP contribution in [0.3, 0.4) is 0 Å². The Balaban J connectivity index is 2.04. The van der Waals surface area contributed by atoms with Crippen LogP contribution in [0.25, 0.3) is 11.0 Å². The fourth-order valence-corrected chi connectivity index (χ4v) is 2.32. The van der Waals surface area contributed by atoms with Crippen LogP contribution in [0.2, 0.25) is 0 Å². The maximum Gasteiger partial charge on any atom is 0.113 e. The van der Waals surface area contributed by atoms with Gasteiger partial charge in [-0.2, -0.15) is 0 Å². The number of hydrogen-bond acceptors (Lipinski definition) is 3. The van der Waals surface area contributed by atoms with Gasteiger partial charge in [-0.1, -0.05) is 53.8 Å². The molecule has 1 N–H and O–H groups in total. The molecular weight excluding hydrogens is 250 g/mol. The van der Waals surface area contributed by atoms with Gasteiger partial charge in [-0.3, -0.25) is 0 Å². The minimum absolute atomic E-state index is 0.357. The monoisotopic (exact) mass is 265 g/mol. The van der Waals surface area contributed by atoms with Crippen LogP contribution in [0.4, 0.5) is 0 Å². The van der Waals surface area contributed by atoms with Gasteiger partial charge >= 0.3 is 0 Å². The number of nitrogens with zero attached hydrogens (tertiary/aromatic N) is 3. The summed E-state index contributed by atoms with van der Waals surface area (Å²) in [6.07, 6.45) is 0.984. The molecule has 0 aliphatic carbocycles. The molecule has 20 heavy (non-hydrogen) atoms. The molecule has 0 saturated heterocycles. The molecule has 0 radical (unpaired) electrons. The van der Waals surface area contributed by atoms with Crippen LogP contribution in [0, 0.1) is 0 Å².